The number of Topliss-reactive ketones (excluding diaryl/α,β-unsaturated/α-hetero) is 1. The number of methoxy groups -OCH3 is 1. The number of hydrogen-bond donors (Lipinski definition) is 0. The van der Waals surface area contributed by atoms with Crippen LogP contribution in [0.15, 0.2) is 36.8 Å². The van der Waals surface area contributed by atoms with Crippen molar-refractivity contribution in [3.05, 3.63) is 53.6 Å². The molecule has 0 spiro atoms. The normalized spacial score (nSPS) is 19.6. The number of nitrogens with zero attached hydrogens (tertiary/aromatic N) is 2. The van der Waals surface area contributed by atoms with E-state index in [9.17, 15) is 9.59 Å². The zero-order chi connectivity index (χ0) is 15.9. The average molecular weight is 298 g/mol. The topological polar surface area (TPSA) is 61.2 Å². The summed E-state index contributed by atoms with van der Waals surface area (Å²) in [6.07, 6.45) is 3.56. The maximum absolute atomic E-state index is 12.4. The van der Waals surface area contributed by atoms with Crippen molar-refractivity contribution in [1.29, 1.82) is 0 Å². The first-order valence-corrected chi connectivity index (χ1v) is 7.18. The van der Waals surface area contributed by atoms with Crippen molar-refractivity contribution in [2.75, 3.05) is 7.11 Å². The molecular weight excluding hydrogens is 280 g/mol. The third-order valence-electron chi connectivity index (χ3n) is 4.25. The van der Waals surface area contributed by atoms with Gasteiger partial charge < -0.3 is 9.30 Å². The number of rotatable bonds is 2. The van der Waals surface area contributed by atoms with Crippen LogP contribution < -0.4 is 0 Å². The van der Waals surface area contributed by atoms with Gasteiger partial charge in [-0.15, -0.1) is 0 Å². The second-order valence-electron chi connectivity index (χ2n) is 6.26. The number of ketones is 1. The van der Waals surface area contributed by atoms with E-state index >= 15 is 0 Å². The maximum Gasteiger partial charge on any atom is 0.356 e. The van der Waals surface area contributed by atoms with E-state index < -0.39 is 5.97 Å². The van der Waals surface area contributed by atoms with Gasteiger partial charge in [-0.05, 0) is 11.0 Å². The van der Waals surface area contributed by atoms with E-state index in [1.807, 2.05) is 42.7 Å². The van der Waals surface area contributed by atoms with E-state index in [4.69, 9.17) is 4.74 Å². The Hall–Kier alpha value is -2.43. The summed E-state index contributed by atoms with van der Waals surface area (Å²) < 4.78 is 6.65. The lowest BCUT2D eigenvalue weighted by atomic mass is 9.69. The minimum Gasteiger partial charge on any atom is -0.464 e. The highest BCUT2D eigenvalue weighted by atomic mass is 16.5. The third-order valence-corrected chi connectivity index (χ3v) is 4.25. The minimum absolute atomic E-state index is 0.136. The molecule has 5 nitrogen and oxygen atoms in total. The molecule has 5 heteroatoms. The van der Waals surface area contributed by atoms with Gasteiger partial charge in [-0.25, -0.2) is 9.78 Å². The van der Waals surface area contributed by atoms with Gasteiger partial charge in [0.15, 0.2) is 5.78 Å². The van der Waals surface area contributed by atoms with Crippen LogP contribution in [0.3, 0.4) is 0 Å². The molecule has 22 heavy (non-hydrogen) atoms. The van der Waals surface area contributed by atoms with Gasteiger partial charge >= 0.3 is 5.97 Å². The molecule has 114 valence electrons. The predicted molar refractivity (Wildman–Crippen MR) is 80.9 cm³/mol. The second-order valence-corrected chi connectivity index (χ2v) is 6.26. The maximum atomic E-state index is 12.4. The standard InChI is InChI=1S/C17H18N2O3/c1-17(2)8-14(20)11-6-4-5-7-12(11)15(17)19-10-18-9-13(19)16(21)22-3/h4-7,9-10,15H,8H2,1-3H3/t15-/m0/s1. The summed E-state index contributed by atoms with van der Waals surface area (Å²) in [5.41, 5.74) is 1.71. The molecule has 1 aliphatic carbocycles. The highest BCUT2D eigenvalue weighted by molar-refractivity contribution is 5.99. The average Bonchev–Trinajstić information content (AvgIpc) is 2.94. The number of ether oxygens (including phenoxy) is 1. The number of aromatic nitrogens is 2. The quantitative estimate of drug-likeness (QED) is 0.800. The third kappa shape index (κ3) is 2.13. The van der Waals surface area contributed by atoms with Gasteiger partial charge in [0.1, 0.15) is 5.69 Å². The molecule has 1 heterocycles. The molecule has 0 radical (unpaired) electrons. The van der Waals surface area contributed by atoms with Gasteiger partial charge in [0.25, 0.3) is 0 Å². The molecule has 0 saturated carbocycles. The monoisotopic (exact) mass is 298 g/mol. The Morgan fingerprint density at radius 2 is 2.09 bits per heavy atom. The molecule has 0 N–H and O–H groups in total. The molecule has 0 fully saturated rings. The summed E-state index contributed by atoms with van der Waals surface area (Å²) in [6, 6.07) is 7.42. The molecule has 2 aromatic rings. The van der Waals surface area contributed by atoms with Gasteiger partial charge in [-0.3, -0.25) is 4.79 Å². The van der Waals surface area contributed by atoms with E-state index in [1.54, 1.807) is 6.33 Å². The molecule has 1 aliphatic rings. The van der Waals surface area contributed by atoms with E-state index in [0.717, 1.165) is 11.1 Å². The summed E-state index contributed by atoms with van der Waals surface area (Å²) in [7, 11) is 1.35. The molecule has 0 unspecified atom stereocenters. The summed E-state index contributed by atoms with van der Waals surface area (Å²) in [4.78, 5) is 28.5. The van der Waals surface area contributed by atoms with Crippen molar-refractivity contribution >= 4 is 11.8 Å². The largest absolute Gasteiger partial charge is 0.464 e. The summed E-state index contributed by atoms with van der Waals surface area (Å²) in [5, 5.41) is 0. The smallest absolute Gasteiger partial charge is 0.356 e. The van der Waals surface area contributed by atoms with Crippen LogP contribution in [0.1, 0.15) is 52.7 Å². The first-order valence-electron chi connectivity index (χ1n) is 7.18. The molecular formula is C17H18N2O3. The molecule has 0 saturated heterocycles. The number of carbonyl (C=O) groups is 2. The number of esters is 1. The van der Waals surface area contributed by atoms with Crippen LogP contribution in [0.25, 0.3) is 0 Å². The molecule has 1 aromatic carbocycles. The lowest BCUT2D eigenvalue weighted by Crippen LogP contribution is -2.37. The van der Waals surface area contributed by atoms with Crippen molar-refractivity contribution in [3.8, 4) is 0 Å². The second kappa shape index (κ2) is 5.09. The Balaban J connectivity index is 2.21. The molecule has 3 rings (SSSR count). The van der Waals surface area contributed by atoms with E-state index in [-0.39, 0.29) is 17.2 Å². The Morgan fingerprint density at radius 3 is 2.82 bits per heavy atom. The van der Waals surface area contributed by atoms with Crippen molar-refractivity contribution in [2.45, 2.75) is 26.3 Å². The van der Waals surface area contributed by atoms with Gasteiger partial charge in [-0.1, -0.05) is 38.1 Å². The zero-order valence-corrected chi connectivity index (χ0v) is 12.9. The highest BCUT2D eigenvalue weighted by Gasteiger charge is 2.42. The number of benzene rings is 1. The number of hydrogen-bond acceptors (Lipinski definition) is 4. The van der Waals surface area contributed by atoms with Crippen molar-refractivity contribution in [3.63, 3.8) is 0 Å². The van der Waals surface area contributed by atoms with Crippen LogP contribution in [0.4, 0.5) is 0 Å². The van der Waals surface area contributed by atoms with E-state index in [0.29, 0.717) is 12.1 Å². The summed E-state index contributed by atoms with van der Waals surface area (Å²) in [5.74, 6) is -0.292. The Bertz CT molecular complexity index is 746. The SMILES string of the molecule is COC(=O)c1cncn1[C@H]1c2ccccc2C(=O)CC1(C)C. The minimum atomic E-state index is -0.428. The van der Waals surface area contributed by atoms with Gasteiger partial charge in [0, 0.05) is 12.0 Å². The summed E-state index contributed by atoms with van der Waals surface area (Å²) in [6.45, 7) is 4.07. The lowest BCUT2D eigenvalue weighted by Gasteiger charge is -2.40. The van der Waals surface area contributed by atoms with E-state index in [1.165, 1.54) is 13.3 Å². The van der Waals surface area contributed by atoms with Crippen LogP contribution in [-0.4, -0.2) is 28.4 Å². The van der Waals surface area contributed by atoms with Crippen LogP contribution in [0, 0.1) is 5.41 Å². The molecule has 0 aliphatic heterocycles. The number of fused-ring (bicyclic) bond motifs is 1. The van der Waals surface area contributed by atoms with Crippen LogP contribution in [0.5, 0.6) is 0 Å². The van der Waals surface area contributed by atoms with Gasteiger partial charge in [0.2, 0.25) is 0 Å². The Labute approximate surface area is 128 Å². The first kappa shape index (κ1) is 14.5. The van der Waals surface area contributed by atoms with Crippen LogP contribution in [0.2, 0.25) is 0 Å². The molecule has 1 aromatic heterocycles. The van der Waals surface area contributed by atoms with Gasteiger partial charge in [-0.2, -0.15) is 0 Å². The fraction of sp³-hybridized carbons (Fsp3) is 0.353. The van der Waals surface area contributed by atoms with Crippen molar-refractivity contribution in [1.82, 2.24) is 9.55 Å². The fourth-order valence-corrected chi connectivity index (χ4v) is 3.32. The first-order chi connectivity index (χ1) is 10.5. The predicted octanol–water partition coefficient (Wildman–Crippen LogP) is 2.87. The number of carbonyl (C=O) groups excluding carboxylic acids is 2. The molecule has 0 bridgehead atoms. The van der Waals surface area contributed by atoms with Crippen LogP contribution in [-0.2, 0) is 4.74 Å². The molecule has 1 atom stereocenters. The van der Waals surface area contributed by atoms with E-state index in [2.05, 4.69) is 4.98 Å². The van der Waals surface area contributed by atoms with Crippen molar-refractivity contribution < 1.29 is 14.3 Å². The van der Waals surface area contributed by atoms with Crippen LogP contribution >= 0.6 is 0 Å². The zero-order valence-electron chi connectivity index (χ0n) is 12.9. The highest BCUT2D eigenvalue weighted by Crippen LogP contribution is 2.46. The van der Waals surface area contributed by atoms with Crippen molar-refractivity contribution in [2.24, 2.45) is 5.41 Å². The number of imidazole rings is 1. The van der Waals surface area contributed by atoms with Gasteiger partial charge in [0.05, 0.1) is 25.7 Å². The Morgan fingerprint density at radius 1 is 1.36 bits per heavy atom. The Kier molecular flexibility index (Phi) is 3.35. The molecule has 0 amide bonds. The lowest BCUT2D eigenvalue weighted by molar-refractivity contribution is 0.0580. The fourth-order valence-electron chi connectivity index (χ4n) is 3.32. The summed E-state index contributed by atoms with van der Waals surface area (Å²) >= 11 is 0.